The second kappa shape index (κ2) is 2.13. The molecular formula is C5H11N3. The van der Waals surface area contributed by atoms with Gasteiger partial charge in [-0.05, 0) is 14.0 Å². The molecule has 0 radical (unpaired) electrons. The van der Waals surface area contributed by atoms with Crippen LogP contribution in [0.4, 0.5) is 0 Å². The lowest BCUT2D eigenvalue weighted by Gasteiger charge is -2.20. The van der Waals surface area contributed by atoms with Gasteiger partial charge >= 0.3 is 0 Å². The van der Waals surface area contributed by atoms with E-state index in [9.17, 15) is 0 Å². The molecule has 1 N–H and O–H groups in total. The van der Waals surface area contributed by atoms with Crippen LogP contribution >= 0.6 is 0 Å². The maximum absolute atomic E-state index is 4.14. The molecule has 0 atom stereocenters. The average molecular weight is 113 g/mol. The zero-order valence-corrected chi connectivity index (χ0v) is 5.31. The molecule has 46 valence electrons. The first-order valence-electron chi connectivity index (χ1n) is 2.72. The highest BCUT2D eigenvalue weighted by atomic mass is 15.3. The fourth-order valence-corrected chi connectivity index (χ4v) is 0.582. The number of nitrogens with zero attached hydrogens (tertiary/aromatic N) is 2. The molecule has 0 spiro atoms. The van der Waals surface area contributed by atoms with Crippen molar-refractivity contribution in [3.05, 3.63) is 0 Å². The number of aliphatic imine (C=N–C) groups is 1. The zero-order chi connectivity index (χ0) is 5.98. The van der Waals surface area contributed by atoms with Crippen LogP contribution in [0.5, 0.6) is 0 Å². The number of hydrogen-bond donors (Lipinski definition) is 1. The van der Waals surface area contributed by atoms with E-state index in [1.54, 1.807) is 0 Å². The van der Waals surface area contributed by atoms with Gasteiger partial charge < -0.3 is 5.32 Å². The molecule has 0 saturated carbocycles. The molecule has 0 aromatic heterocycles. The van der Waals surface area contributed by atoms with Gasteiger partial charge in [0.2, 0.25) is 0 Å². The standard InChI is InChI=1S/C5H11N3/c1-5-6-3-8(2)4-7-5/h3-4H2,1-2H3,(H,6,7). The monoisotopic (exact) mass is 113 g/mol. The van der Waals surface area contributed by atoms with E-state index < -0.39 is 0 Å². The summed E-state index contributed by atoms with van der Waals surface area (Å²) in [4.78, 5) is 6.25. The third-order valence-electron chi connectivity index (χ3n) is 1.15. The molecule has 0 aliphatic carbocycles. The molecule has 0 saturated heterocycles. The van der Waals surface area contributed by atoms with Crippen LogP contribution in [0.25, 0.3) is 0 Å². The Hall–Kier alpha value is -0.570. The Labute approximate surface area is 49.4 Å². The molecule has 1 aliphatic heterocycles. The van der Waals surface area contributed by atoms with E-state index in [1.165, 1.54) is 0 Å². The van der Waals surface area contributed by atoms with Crippen LogP contribution in [-0.2, 0) is 0 Å². The SMILES string of the molecule is CC1=NCN(C)CN1. The van der Waals surface area contributed by atoms with Crippen LogP contribution in [-0.4, -0.2) is 31.1 Å². The second-order valence-corrected chi connectivity index (χ2v) is 2.08. The topological polar surface area (TPSA) is 27.6 Å². The Morgan fingerprint density at radius 2 is 2.50 bits per heavy atom. The van der Waals surface area contributed by atoms with Gasteiger partial charge in [-0.2, -0.15) is 0 Å². The minimum atomic E-state index is 0.832. The number of rotatable bonds is 0. The fraction of sp³-hybridized carbons (Fsp3) is 0.800. The summed E-state index contributed by atoms with van der Waals surface area (Å²) in [5, 5.41) is 3.11. The summed E-state index contributed by atoms with van der Waals surface area (Å²) in [6.45, 7) is 3.74. The molecule has 0 aromatic rings. The van der Waals surface area contributed by atoms with Gasteiger partial charge in [-0.15, -0.1) is 0 Å². The van der Waals surface area contributed by atoms with E-state index in [4.69, 9.17) is 0 Å². The molecule has 0 amide bonds. The summed E-state index contributed by atoms with van der Waals surface area (Å²) in [5.41, 5.74) is 0. The average Bonchev–Trinajstić information content (AvgIpc) is 1.77. The highest BCUT2D eigenvalue weighted by Gasteiger charge is 2.00. The smallest absolute Gasteiger partial charge is 0.0957 e. The van der Waals surface area contributed by atoms with Gasteiger partial charge in [0.15, 0.2) is 0 Å². The van der Waals surface area contributed by atoms with Crippen LogP contribution in [0.1, 0.15) is 6.92 Å². The summed E-state index contributed by atoms with van der Waals surface area (Å²) >= 11 is 0. The Kier molecular flexibility index (Phi) is 1.48. The Morgan fingerprint density at radius 3 is 2.88 bits per heavy atom. The first kappa shape index (κ1) is 5.56. The predicted octanol–water partition coefficient (Wildman–Crippen LogP) is -0.145. The lowest BCUT2D eigenvalue weighted by Crippen LogP contribution is -2.39. The van der Waals surface area contributed by atoms with Crippen LogP contribution in [0, 0.1) is 0 Å². The number of amidine groups is 1. The zero-order valence-electron chi connectivity index (χ0n) is 5.31. The van der Waals surface area contributed by atoms with Crippen molar-refractivity contribution in [3.8, 4) is 0 Å². The second-order valence-electron chi connectivity index (χ2n) is 2.08. The van der Waals surface area contributed by atoms with E-state index >= 15 is 0 Å². The van der Waals surface area contributed by atoms with Crippen molar-refractivity contribution in [1.29, 1.82) is 0 Å². The molecule has 1 rings (SSSR count). The van der Waals surface area contributed by atoms with Crippen molar-refractivity contribution in [2.75, 3.05) is 20.4 Å². The van der Waals surface area contributed by atoms with Crippen molar-refractivity contribution in [3.63, 3.8) is 0 Å². The summed E-state index contributed by atoms with van der Waals surface area (Å²) in [6.07, 6.45) is 0. The van der Waals surface area contributed by atoms with Gasteiger partial charge in [-0.1, -0.05) is 0 Å². The molecule has 1 heterocycles. The third-order valence-corrected chi connectivity index (χ3v) is 1.15. The molecule has 0 aromatic carbocycles. The summed E-state index contributed by atoms with van der Waals surface area (Å²) in [6, 6.07) is 0. The van der Waals surface area contributed by atoms with Gasteiger partial charge in [0.25, 0.3) is 0 Å². The van der Waals surface area contributed by atoms with Crippen molar-refractivity contribution >= 4 is 5.84 Å². The molecule has 8 heavy (non-hydrogen) atoms. The van der Waals surface area contributed by atoms with E-state index in [2.05, 4.69) is 15.2 Å². The Balaban J connectivity index is 2.42. The number of hydrogen-bond acceptors (Lipinski definition) is 3. The maximum Gasteiger partial charge on any atom is 0.0957 e. The minimum Gasteiger partial charge on any atom is -0.361 e. The van der Waals surface area contributed by atoms with Gasteiger partial charge in [0, 0.05) is 0 Å². The van der Waals surface area contributed by atoms with Crippen molar-refractivity contribution in [1.82, 2.24) is 10.2 Å². The first-order chi connectivity index (χ1) is 3.79. The van der Waals surface area contributed by atoms with E-state index in [-0.39, 0.29) is 0 Å². The maximum atomic E-state index is 4.14. The van der Waals surface area contributed by atoms with E-state index in [1.807, 2.05) is 14.0 Å². The van der Waals surface area contributed by atoms with Crippen LogP contribution in [0.3, 0.4) is 0 Å². The highest BCUT2D eigenvalue weighted by molar-refractivity contribution is 5.79. The molecule has 0 fully saturated rings. The van der Waals surface area contributed by atoms with Gasteiger partial charge in [0.1, 0.15) is 0 Å². The lowest BCUT2D eigenvalue weighted by molar-refractivity contribution is 0.323. The van der Waals surface area contributed by atoms with Crippen LogP contribution in [0.15, 0.2) is 4.99 Å². The molecular weight excluding hydrogens is 102 g/mol. The molecule has 1 aliphatic rings. The normalized spacial score (nSPS) is 22.0. The summed E-state index contributed by atoms with van der Waals surface area (Å²) in [7, 11) is 2.03. The Morgan fingerprint density at radius 1 is 1.75 bits per heavy atom. The fourth-order valence-electron chi connectivity index (χ4n) is 0.582. The third kappa shape index (κ3) is 1.20. The predicted molar refractivity (Wildman–Crippen MR) is 33.7 cm³/mol. The van der Waals surface area contributed by atoms with Crippen LogP contribution < -0.4 is 5.32 Å². The summed E-state index contributed by atoms with van der Waals surface area (Å²) in [5.74, 6) is 1.04. The first-order valence-corrected chi connectivity index (χ1v) is 2.72. The van der Waals surface area contributed by atoms with Gasteiger partial charge in [-0.3, -0.25) is 9.89 Å². The molecule has 0 bridgehead atoms. The van der Waals surface area contributed by atoms with Crippen molar-refractivity contribution < 1.29 is 0 Å². The van der Waals surface area contributed by atoms with Gasteiger partial charge in [-0.25, -0.2) is 0 Å². The summed E-state index contributed by atoms with van der Waals surface area (Å²) < 4.78 is 0. The van der Waals surface area contributed by atoms with E-state index in [0.717, 1.165) is 19.2 Å². The molecule has 3 heteroatoms. The largest absolute Gasteiger partial charge is 0.361 e. The van der Waals surface area contributed by atoms with Crippen molar-refractivity contribution in [2.45, 2.75) is 6.92 Å². The van der Waals surface area contributed by atoms with Crippen molar-refractivity contribution in [2.24, 2.45) is 4.99 Å². The minimum absolute atomic E-state index is 0.832. The molecule has 0 unspecified atom stereocenters. The number of nitrogens with one attached hydrogen (secondary N) is 1. The van der Waals surface area contributed by atoms with E-state index in [0.29, 0.717) is 0 Å². The quantitative estimate of drug-likeness (QED) is 0.473. The van der Waals surface area contributed by atoms with Gasteiger partial charge in [0.05, 0.1) is 19.2 Å². The molecule has 3 nitrogen and oxygen atoms in total. The lowest BCUT2D eigenvalue weighted by atomic mass is 10.6. The highest BCUT2D eigenvalue weighted by Crippen LogP contribution is 1.86. The Bertz CT molecular complexity index is 108. The van der Waals surface area contributed by atoms with Crippen LogP contribution in [0.2, 0.25) is 0 Å².